The first-order valence-electron chi connectivity index (χ1n) is 7.94. The van der Waals surface area contributed by atoms with Crippen molar-refractivity contribution >= 4 is 5.91 Å². The van der Waals surface area contributed by atoms with E-state index < -0.39 is 0 Å². The van der Waals surface area contributed by atoms with Gasteiger partial charge in [0.05, 0.1) is 6.54 Å². The number of H-pyrrole nitrogens is 1. The van der Waals surface area contributed by atoms with Gasteiger partial charge >= 0.3 is 0 Å². The van der Waals surface area contributed by atoms with Crippen molar-refractivity contribution in [2.45, 2.75) is 38.6 Å². The lowest BCUT2D eigenvalue weighted by molar-refractivity contribution is -0.148. The third kappa shape index (κ3) is 1.97. The number of rotatable bonds is 3. The van der Waals surface area contributed by atoms with Crippen molar-refractivity contribution in [3.05, 3.63) is 18.2 Å². The topological polar surface area (TPSA) is 49.0 Å². The van der Waals surface area contributed by atoms with Crippen molar-refractivity contribution < 1.29 is 4.79 Å². The molecule has 0 unspecified atom stereocenters. The van der Waals surface area contributed by atoms with Gasteiger partial charge in [0, 0.05) is 25.4 Å². The maximum atomic E-state index is 12.8. The summed E-state index contributed by atoms with van der Waals surface area (Å²) in [6.45, 7) is 0.606. The minimum absolute atomic E-state index is 0.294. The second-order valence-electron chi connectivity index (χ2n) is 7.19. The second-order valence-corrected chi connectivity index (χ2v) is 7.19. The zero-order valence-electron chi connectivity index (χ0n) is 12.1. The molecule has 0 radical (unpaired) electrons. The fraction of sp³-hybridized carbons (Fsp3) is 0.750. The quantitative estimate of drug-likeness (QED) is 0.919. The number of nitrogens with one attached hydrogen (secondary N) is 1. The summed E-state index contributed by atoms with van der Waals surface area (Å²) in [5.74, 6) is 4.71. The lowest BCUT2D eigenvalue weighted by atomic mass is 9.51. The van der Waals surface area contributed by atoms with E-state index in [4.69, 9.17) is 0 Å². The van der Waals surface area contributed by atoms with E-state index in [2.05, 4.69) is 9.97 Å². The van der Waals surface area contributed by atoms with E-state index in [0.29, 0.717) is 30.2 Å². The second kappa shape index (κ2) is 4.61. The van der Waals surface area contributed by atoms with Gasteiger partial charge in [0.1, 0.15) is 5.82 Å². The number of carbonyl (C=O) groups excluding carboxylic acids is 1. The van der Waals surface area contributed by atoms with Crippen molar-refractivity contribution in [3.8, 4) is 0 Å². The van der Waals surface area contributed by atoms with E-state index in [1.165, 1.54) is 32.1 Å². The molecule has 4 aliphatic rings. The van der Waals surface area contributed by atoms with E-state index in [-0.39, 0.29) is 0 Å². The molecule has 4 nitrogen and oxygen atoms in total. The minimum atomic E-state index is 0.294. The molecular formula is C16H23N3O. The Morgan fingerprint density at radius 3 is 2.45 bits per heavy atom. The summed E-state index contributed by atoms with van der Waals surface area (Å²) in [5.41, 5.74) is 0. The minimum Gasteiger partial charge on any atom is -0.347 e. The Labute approximate surface area is 120 Å². The molecule has 0 aromatic carbocycles. The summed E-state index contributed by atoms with van der Waals surface area (Å²) in [5, 5.41) is 0. The van der Waals surface area contributed by atoms with E-state index in [1.54, 1.807) is 6.20 Å². The third-order valence-electron chi connectivity index (χ3n) is 5.83. The normalized spacial score (nSPS) is 38.1. The Balaban J connectivity index is 1.48. The summed E-state index contributed by atoms with van der Waals surface area (Å²) in [6, 6.07) is 0. The first kappa shape index (κ1) is 12.4. The van der Waals surface area contributed by atoms with Gasteiger partial charge in [-0.15, -0.1) is 0 Å². The maximum Gasteiger partial charge on any atom is 0.226 e. The molecule has 4 heteroatoms. The van der Waals surface area contributed by atoms with Crippen LogP contribution < -0.4 is 0 Å². The molecule has 4 saturated carbocycles. The first-order chi connectivity index (χ1) is 9.70. The van der Waals surface area contributed by atoms with Gasteiger partial charge in [-0.3, -0.25) is 4.79 Å². The summed E-state index contributed by atoms with van der Waals surface area (Å²) in [7, 11) is 1.93. The van der Waals surface area contributed by atoms with Gasteiger partial charge in [0.15, 0.2) is 0 Å². The number of aromatic nitrogens is 2. The van der Waals surface area contributed by atoms with Crippen molar-refractivity contribution in [2.24, 2.45) is 29.6 Å². The Morgan fingerprint density at radius 1 is 1.25 bits per heavy atom. The van der Waals surface area contributed by atoms with Gasteiger partial charge in [-0.2, -0.15) is 0 Å². The van der Waals surface area contributed by atoms with E-state index in [0.717, 1.165) is 17.7 Å². The molecule has 0 aliphatic heterocycles. The van der Waals surface area contributed by atoms with Crippen LogP contribution in [0.3, 0.4) is 0 Å². The monoisotopic (exact) mass is 273 g/mol. The third-order valence-corrected chi connectivity index (χ3v) is 5.83. The van der Waals surface area contributed by atoms with Gasteiger partial charge in [-0.05, 0) is 55.8 Å². The van der Waals surface area contributed by atoms with Crippen LogP contribution in [-0.4, -0.2) is 27.8 Å². The number of hydrogen-bond donors (Lipinski definition) is 1. The van der Waals surface area contributed by atoms with Crippen molar-refractivity contribution in [1.82, 2.24) is 14.9 Å². The molecule has 108 valence electrons. The molecule has 0 spiro atoms. The summed E-state index contributed by atoms with van der Waals surface area (Å²) >= 11 is 0. The standard InChI is InChI=1S/C16H23N3O/c1-19(9-14-17-2-3-18-14)16(20)15-12-5-10-4-11(7-12)8-13(15)6-10/h2-3,10-13,15H,4-9H2,1H3,(H,17,18). The van der Waals surface area contributed by atoms with E-state index in [9.17, 15) is 4.79 Å². The van der Waals surface area contributed by atoms with Crippen LogP contribution in [0.2, 0.25) is 0 Å². The molecule has 0 saturated heterocycles. The van der Waals surface area contributed by atoms with Crippen LogP contribution in [0.15, 0.2) is 12.4 Å². The van der Waals surface area contributed by atoms with Gasteiger partial charge in [0.2, 0.25) is 5.91 Å². The van der Waals surface area contributed by atoms with Crippen LogP contribution >= 0.6 is 0 Å². The molecule has 1 N–H and O–H groups in total. The average molecular weight is 273 g/mol. The number of nitrogens with zero attached hydrogens (tertiary/aromatic N) is 2. The zero-order chi connectivity index (χ0) is 13.7. The number of carbonyl (C=O) groups is 1. The predicted molar refractivity (Wildman–Crippen MR) is 75.6 cm³/mol. The zero-order valence-corrected chi connectivity index (χ0v) is 12.1. The molecular weight excluding hydrogens is 250 g/mol. The van der Waals surface area contributed by atoms with Crippen LogP contribution in [-0.2, 0) is 11.3 Å². The fourth-order valence-corrected chi connectivity index (χ4v) is 5.27. The highest BCUT2D eigenvalue weighted by Crippen LogP contribution is 2.56. The molecule has 4 bridgehead atoms. The fourth-order valence-electron chi connectivity index (χ4n) is 5.27. The smallest absolute Gasteiger partial charge is 0.226 e. The van der Waals surface area contributed by atoms with Gasteiger partial charge in [0.25, 0.3) is 0 Å². The molecule has 4 aliphatic carbocycles. The summed E-state index contributed by atoms with van der Waals surface area (Å²) in [6.07, 6.45) is 10.2. The van der Waals surface area contributed by atoms with Gasteiger partial charge < -0.3 is 9.88 Å². The molecule has 5 rings (SSSR count). The molecule has 1 heterocycles. The predicted octanol–water partition coefficient (Wildman–Crippen LogP) is 2.44. The van der Waals surface area contributed by atoms with Gasteiger partial charge in [-0.25, -0.2) is 4.98 Å². The number of imidazole rings is 1. The number of amides is 1. The highest BCUT2D eigenvalue weighted by molar-refractivity contribution is 5.79. The SMILES string of the molecule is CN(Cc1ncc[nH]1)C(=O)C1C2CC3CC(C2)CC1C3. The first-order valence-corrected chi connectivity index (χ1v) is 7.94. The van der Waals surface area contributed by atoms with Crippen LogP contribution in [0, 0.1) is 29.6 Å². The Morgan fingerprint density at radius 2 is 1.90 bits per heavy atom. The molecule has 1 aromatic heterocycles. The Kier molecular flexibility index (Phi) is 2.86. The summed E-state index contributed by atoms with van der Waals surface area (Å²) in [4.78, 5) is 22.0. The van der Waals surface area contributed by atoms with Crippen molar-refractivity contribution in [2.75, 3.05) is 7.05 Å². The number of aromatic amines is 1. The average Bonchev–Trinajstić information content (AvgIpc) is 2.90. The Hall–Kier alpha value is -1.32. The number of hydrogen-bond acceptors (Lipinski definition) is 2. The maximum absolute atomic E-state index is 12.8. The molecule has 1 amide bonds. The molecule has 1 aromatic rings. The van der Waals surface area contributed by atoms with Crippen LogP contribution in [0.25, 0.3) is 0 Å². The largest absolute Gasteiger partial charge is 0.347 e. The van der Waals surface area contributed by atoms with Crippen molar-refractivity contribution in [1.29, 1.82) is 0 Å². The highest BCUT2D eigenvalue weighted by Gasteiger charge is 2.51. The van der Waals surface area contributed by atoms with E-state index in [1.807, 2.05) is 18.1 Å². The molecule has 4 fully saturated rings. The van der Waals surface area contributed by atoms with Crippen LogP contribution in [0.5, 0.6) is 0 Å². The lowest BCUT2D eigenvalue weighted by Gasteiger charge is -2.54. The molecule has 0 atom stereocenters. The Bertz CT molecular complexity index is 468. The highest BCUT2D eigenvalue weighted by atomic mass is 16.2. The lowest BCUT2D eigenvalue weighted by Crippen LogP contribution is -2.51. The summed E-state index contributed by atoms with van der Waals surface area (Å²) < 4.78 is 0. The van der Waals surface area contributed by atoms with Crippen LogP contribution in [0.4, 0.5) is 0 Å². The molecule has 20 heavy (non-hydrogen) atoms. The van der Waals surface area contributed by atoms with Crippen molar-refractivity contribution in [3.63, 3.8) is 0 Å². The van der Waals surface area contributed by atoms with Gasteiger partial charge in [-0.1, -0.05) is 0 Å². The van der Waals surface area contributed by atoms with Crippen LogP contribution in [0.1, 0.15) is 37.9 Å². The van der Waals surface area contributed by atoms with E-state index >= 15 is 0 Å².